The van der Waals surface area contributed by atoms with Crippen molar-refractivity contribution < 1.29 is 28.2 Å². The van der Waals surface area contributed by atoms with Gasteiger partial charge in [-0.1, -0.05) is 24.3 Å². The maximum Gasteiger partial charge on any atom is 0.319 e. The number of halogens is 2. The zero-order valence-electron chi connectivity index (χ0n) is 16.8. The number of ether oxygens (including phenoxy) is 1. The molecule has 1 fully saturated rings. The summed E-state index contributed by atoms with van der Waals surface area (Å²) >= 11 is 0. The van der Waals surface area contributed by atoms with Crippen molar-refractivity contribution in [3.8, 4) is 0 Å². The Balaban J connectivity index is 1.45. The molecular formula is C22H25F2N3O4. The number of aliphatic hydroxyl groups is 1. The van der Waals surface area contributed by atoms with E-state index in [0.29, 0.717) is 12.8 Å². The van der Waals surface area contributed by atoms with Crippen LogP contribution in [0.3, 0.4) is 0 Å². The van der Waals surface area contributed by atoms with Gasteiger partial charge in [-0.25, -0.2) is 13.6 Å². The van der Waals surface area contributed by atoms with E-state index in [4.69, 9.17) is 4.74 Å². The molecule has 7 nitrogen and oxygen atoms in total. The van der Waals surface area contributed by atoms with Gasteiger partial charge in [-0.05, 0) is 42.7 Å². The highest BCUT2D eigenvalue weighted by Gasteiger charge is 2.33. The first-order chi connectivity index (χ1) is 14.9. The molecule has 0 spiro atoms. The fraction of sp³-hybridized carbons (Fsp3) is 0.364. The number of para-hydroxylation sites is 1. The van der Waals surface area contributed by atoms with E-state index in [1.54, 1.807) is 18.2 Å². The van der Waals surface area contributed by atoms with E-state index in [1.807, 2.05) is 0 Å². The second-order valence-corrected chi connectivity index (χ2v) is 7.35. The molecule has 0 unspecified atom stereocenters. The van der Waals surface area contributed by atoms with Gasteiger partial charge in [0.25, 0.3) is 0 Å². The summed E-state index contributed by atoms with van der Waals surface area (Å²) in [7, 11) is 0. The van der Waals surface area contributed by atoms with E-state index >= 15 is 0 Å². The number of urea groups is 1. The van der Waals surface area contributed by atoms with Crippen molar-refractivity contribution in [2.45, 2.75) is 44.1 Å². The second-order valence-electron chi connectivity index (χ2n) is 7.35. The normalized spacial score (nSPS) is 20.7. The summed E-state index contributed by atoms with van der Waals surface area (Å²) in [6.07, 6.45) is 0.0102. The maximum atomic E-state index is 13.7. The Morgan fingerprint density at radius 1 is 1.06 bits per heavy atom. The number of benzene rings is 2. The number of aliphatic hydroxyl groups excluding tert-OH is 1. The summed E-state index contributed by atoms with van der Waals surface area (Å²) < 4.78 is 32.4. The van der Waals surface area contributed by atoms with E-state index in [-0.39, 0.29) is 37.0 Å². The third kappa shape index (κ3) is 6.73. The fourth-order valence-electron chi connectivity index (χ4n) is 3.42. The van der Waals surface area contributed by atoms with E-state index in [9.17, 15) is 23.5 Å². The summed E-state index contributed by atoms with van der Waals surface area (Å²) in [5.41, 5.74) is 0.825. The molecule has 0 bridgehead atoms. The maximum absolute atomic E-state index is 13.7. The second kappa shape index (κ2) is 10.8. The molecule has 1 heterocycles. The third-order valence-electron chi connectivity index (χ3n) is 5.05. The summed E-state index contributed by atoms with van der Waals surface area (Å²) in [5, 5.41) is 17.5. The zero-order valence-corrected chi connectivity index (χ0v) is 16.8. The molecular weight excluding hydrogens is 408 g/mol. The molecule has 9 heteroatoms. The SMILES string of the molecule is O=C(C[C@@H]1CC[C@@H](NC(=O)Nc2ccccc2F)[C@@H](CO)O1)NCc1ccc(F)cc1. The average Bonchev–Trinajstić information content (AvgIpc) is 2.76. The number of amides is 3. The summed E-state index contributed by atoms with van der Waals surface area (Å²) in [6, 6.07) is 10.6. The Bertz CT molecular complexity index is 895. The van der Waals surface area contributed by atoms with Crippen molar-refractivity contribution in [1.29, 1.82) is 0 Å². The Morgan fingerprint density at radius 2 is 1.81 bits per heavy atom. The standard InChI is InChI=1S/C22H25F2N3O4/c23-15-7-5-14(6-8-15)12-25-21(29)11-16-9-10-19(20(13-28)31-16)27-22(30)26-18-4-2-1-3-17(18)24/h1-8,16,19-20,28H,9-13H2,(H,25,29)(H2,26,27,30)/t16-,19+,20+/m0/s1. The summed E-state index contributed by atoms with van der Waals surface area (Å²) in [6.45, 7) is -0.0615. The van der Waals surface area contributed by atoms with Gasteiger partial charge in [-0.2, -0.15) is 0 Å². The molecule has 3 atom stereocenters. The molecule has 2 aromatic carbocycles. The van der Waals surface area contributed by atoms with Gasteiger partial charge in [0, 0.05) is 6.54 Å². The minimum absolute atomic E-state index is 0.0491. The Kier molecular flexibility index (Phi) is 7.91. The first-order valence-corrected chi connectivity index (χ1v) is 10.0. The summed E-state index contributed by atoms with van der Waals surface area (Å²) in [4.78, 5) is 24.4. The molecule has 0 saturated carbocycles. The van der Waals surface area contributed by atoms with Crippen LogP contribution in [-0.2, 0) is 16.1 Å². The molecule has 1 aliphatic rings. The first-order valence-electron chi connectivity index (χ1n) is 10.0. The molecule has 31 heavy (non-hydrogen) atoms. The topological polar surface area (TPSA) is 99.7 Å². The van der Waals surface area contributed by atoms with Crippen molar-refractivity contribution in [2.75, 3.05) is 11.9 Å². The lowest BCUT2D eigenvalue weighted by Crippen LogP contribution is -2.52. The molecule has 1 aliphatic heterocycles. The molecule has 4 N–H and O–H groups in total. The lowest BCUT2D eigenvalue weighted by molar-refractivity contribution is -0.130. The Hall–Kier alpha value is -3.04. The van der Waals surface area contributed by atoms with Crippen molar-refractivity contribution in [1.82, 2.24) is 10.6 Å². The number of nitrogens with one attached hydrogen (secondary N) is 3. The van der Waals surface area contributed by atoms with Crippen molar-refractivity contribution in [2.24, 2.45) is 0 Å². The van der Waals surface area contributed by atoms with Crippen molar-refractivity contribution >= 4 is 17.6 Å². The van der Waals surface area contributed by atoms with Crippen LogP contribution < -0.4 is 16.0 Å². The lowest BCUT2D eigenvalue weighted by Gasteiger charge is -2.35. The van der Waals surface area contributed by atoms with Crippen molar-refractivity contribution in [3.63, 3.8) is 0 Å². The molecule has 166 valence electrons. The van der Waals surface area contributed by atoms with Crippen LogP contribution in [0, 0.1) is 11.6 Å². The molecule has 1 saturated heterocycles. The molecule has 3 rings (SSSR count). The Morgan fingerprint density at radius 3 is 2.52 bits per heavy atom. The molecule has 0 radical (unpaired) electrons. The number of carbonyl (C=O) groups is 2. The van der Waals surface area contributed by atoms with Gasteiger partial charge < -0.3 is 25.8 Å². The number of anilines is 1. The van der Waals surface area contributed by atoms with Crippen LogP contribution in [0.1, 0.15) is 24.8 Å². The highest BCUT2D eigenvalue weighted by atomic mass is 19.1. The van der Waals surface area contributed by atoms with E-state index in [0.717, 1.165) is 5.56 Å². The minimum Gasteiger partial charge on any atom is -0.394 e. The average molecular weight is 433 g/mol. The van der Waals surface area contributed by atoms with Crippen LogP contribution in [0.2, 0.25) is 0 Å². The minimum atomic E-state index is -0.685. The molecule has 0 aromatic heterocycles. The largest absolute Gasteiger partial charge is 0.394 e. The third-order valence-corrected chi connectivity index (χ3v) is 5.05. The van der Waals surface area contributed by atoms with Crippen LogP contribution in [-0.4, -0.2) is 41.9 Å². The van der Waals surface area contributed by atoms with Gasteiger partial charge >= 0.3 is 6.03 Å². The van der Waals surface area contributed by atoms with E-state index < -0.39 is 30.1 Å². The molecule has 3 amide bonds. The van der Waals surface area contributed by atoms with E-state index in [1.165, 1.54) is 30.3 Å². The van der Waals surface area contributed by atoms with Gasteiger partial charge in [0.05, 0.1) is 30.9 Å². The van der Waals surface area contributed by atoms with E-state index in [2.05, 4.69) is 16.0 Å². The predicted molar refractivity (Wildman–Crippen MR) is 110 cm³/mol. The number of rotatable bonds is 7. The molecule has 2 aromatic rings. The van der Waals surface area contributed by atoms with Crippen LogP contribution in [0.15, 0.2) is 48.5 Å². The Labute approximate surface area is 178 Å². The van der Waals surface area contributed by atoms with Crippen LogP contribution in [0.25, 0.3) is 0 Å². The lowest BCUT2D eigenvalue weighted by atomic mass is 9.97. The monoisotopic (exact) mass is 433 g/mol. The number of hydrogen-bond donors (Lipinski definition) is 4. The van der Waals surface area contributed by atoms with Gasteiger partial charge in [-0.15, -0.1) is 0 Å². The predicted octanol–water partition coefficient (Wildman–Crippen LogP) is 2.70. The highest BCUT2D eigenvalue weighted by Crippen LogP contribution is 2.22. The van der Waals surface area contributed by atoms with Gasteiger partial charge in [0.2, 0.25) is 5.91 Å². The zero-order chi connectivity index (χ0) is 22.2. The van der Waals surface area contributed by atoms with Gasteiger partial charge in [-0.3, -0.25) is 4.79 Å². The van der Waals surface area contributed by atoms with Crippen molar-refractivity contribution in [3.05, 3.63) is 65.7 Å². The highest BCUT2D eigenvalue weighted by molar-refractivity contribution is 5.89. The molecule has 0 aliphatic carbocycles. The quantitative estimate of drug-likeness (QED) is 0.540. The smallest absolute Gasteiger partial charge is 0.319 e. The van der Waals surface area contributed by atoms with Gasteiger partial charge in [0.1, 0.15) is 17.7 Å². The van der Waals surface area contributed by atoms with Crippen LogP contribution in [0.5, 0.6) is 0 Å². The number of hydrogen-bond acceptors (Lipinski definition) is 4. The number of carbonyl (C=O) groups excluding carboxylic acids is 2. The van der Waals surface area contributed by atoms with Gasteiger partial charge in [0.15, 0.2) is 0 Å². The van der Waals surface area contributed by atoms with Crippen LogP contribution >= 0.6 is 0 Å². The summed E-state index contributed by atoms with van der Waals surface area (Å²) in [5.74, 6) is -1.12. The van der Waals surface area contributed by atoms with Crippen LogP contribution in [0.4, 0.5) is 19.3 Å². The fourth-order valence-corrected chi connectivity index (χ4v) is 3.42. The first kappa shape index (κ1) is 22.6.